The summed E-state index contributed by atoms with van der Waals surface area (Å²) in [4.78, 5) is 30.6. The maximum Gasteiger partial charge on any atom is 0.251 e. The minimum atomic E-state index is -0.649. The summed E-state index contributed by atoms with van der Waals surface area (Å²) in [6.45, 7) is 3.56. The SMILES string of the molecule is C[C@H](c1ccccn1)N(C)C(=O)[C@@H](C)NC(=O)c1ccc(Cl)cc1. The summed E-state index contributed by atoms with van der Waals surface area (Å²) in [7, 11) is 1.70. The molecule has 0 saturated carbocycles. The second-order valence-corrected chi connectivity index (χ2v) is 6.02. The van der Waals surface area contributed by atoms with Gasteiger partial charge in [-0.15, -0.1) is 0 Å². The monoisotopic (exact) mass is 345 g/mol. The molecule has 0 fully saturated rings. The quantitative estimate of drug-likeness (QED) is 0.905. The molecule has 126 valence electrons. The molecular weight excluding hydrogens is 326 g/mol. The average molecular weight is 346 g/mol. The number of carbonyl (C=O) groups excluding carboxylic acids is 2. The molecule has 1 aromatic heterocycles. The zero-order chi connectivity index (χ0) is 17.7. The molecule has 1 heterocycles. The first-order valence-electron chi connectivity index (χ1n) is 7.64. The number of benzene rings is 1. The highest BCUT2D eigenvalue weighted by Gasteiger charge is 2.24. The van der Waals surface area contributed by atoms with E-state index < -0.39 is 6.04 Å². The van der Waals surface area contributed by atoms with Crippen LogP contribution in [-0.4, -0.2) is 34.8 Å². The standard InChI is InChI=1S/C18H20ClN3O2/c1-12(21-17(23)14-7-9-15(19)10-8-14)18(24)22(3)13(2)16-6-4-5-11-20-16/h4-13H,1-3H3,(H,21,23)/t12-,13-/m1/s1. The van der Waals surface area contributed by atoms with E-state index in [9.17, 15) is 9.59 Å². The van der Waals surface area contributed by atoms with E-state index in [1.807, 2.05) is 25.1 Å². The smallest absolute Gasteiger partial charge is 0.251 e. The Labute approximate surface area is 146 Å². The van der Waals surface area contributed by atoms with Crippen molar-refractivity contribution < 1.29 is 9.59 Å². The van der Waals surface area contributed by atoms with Gasteiger partial charge < -0.3 is 10.2 Å². The van der Waals surface area contributed by atoms with Crippen LogP contribution in [0.4, 0.5) is 0 Å². The molecule has 0 unspecified atom stereocenters. The maximum atomic E-state index is 12.5. The Morgan fingerprint density at radius 2 is 1.79 bits per heavy atom. The highest BCUT2D eigenvalue weighted by atomic mass is 35.5. The molecule has 6 heteroatoms. The van der Waals surface area contributed by atoms with E-state index in [1.54, 1.807) is 49.3 Å². The van der Waals surface area contributed by atoms with Gasteiger partial charge in [-0.2, -0.15) is 0 Å². The van der Waals surface area contributed by atoms with Crippen LogP contribution in [0.15, 0.2) is 48.7 Å². The Balaban J connectivity index is 2.00. The first-order valence-corrected chi connectivity index (χ1v) is 8.02. The highest BCUT2D eigenvalue weighted by Crippen LogP contribution is 2.17. The van der Waals surface area contributed by atoms with Crippen LogP contribution in [0, 0.1) is 0 Å². The van der Waals surface area contributed by atoms with Crippen LogP contribution in [0.3, 0.4) is 0 Å². The fourth-order valence-electron chi connectivity index (χ4n) is 2.26. The van der Waals surface area contributed by atoms with Gasteiger partial charge >= 0.3 is 0 Å². The molecule has 5 nitrogen and oxygen atoms in total. The van der Waals surface area contributed by atoms with Crippen molar-refractivity contribution >= 4 is 23.4 Å². The molecule has 2 aromatic rings. The normalized spacial score (nSPS) is 13.0. The third-order valence-electron chi connectivity index (χ3n) is 3.87. The van der Waals surface area contributed by atoms with Crippen molar-refractivity contribution in [2.75, 3.05) is 7.05 Å². The summed E-state index contributed by atoms with van der Waals surface area (Å²) in [5.41, 5.74) is 1.25. The number of nitrogens with one attached hydrogen (secondary N) is 1. The fraction of sp³-hybridized carbons (Fsp3) is 0.278. The van der Waals surface area contributed by atoms with E-state index in [-0.39, 0.29) is 17.9 Å². The lowest BCUT2D eigenvalue weighted by atomic mass is 10.1. The number of hydrogen-bond donors (Lipinski definition) is 1. The Hall–Kier alpha value is -2.40. The summed E-state index contributed by atoms with van der Waals surface area (Å²) in [5, 5.41) is 3.26. The van der Waals surface area contributed by atoms with Crippen molar-refractivity contribution in [1.29, 1.82) is 0 Å². The number of likely N-dealkylation sites (N-methyl/N-ethyl adjacent to an activating group) is 1. The lowest BCUT2D eigenvalue weighted by Gasteiger charge is -2.27. The van der Waals surface area contributed by atoms with Crippen molar-refractivity contribution in [3.8, 4) is 0 Å². The lowest BCUT2D eigenvalue weighted by Crippen LogP contribution is -2.46. The van der Waals surface area contributed by atoms with Crippen molar-refractivity contribution in [2.45, 2.75) is 25.9 Å². The summed E-state index contributed by atoms with van der Waals surface area (Å²) >= 11 is 5.81. The van der Waals surface area contributed by atoms with Crippen molar-refractivity contribution in [1.82, 2.24) is 15.2 Å². The number of aromatic nitrogens is 1. The lowest BCUT2D eigenvalue weighted by molar-refractivity contribution is -0.133. The minimum Gasteiger partial charge on any atom is -0.341 e. The minimum absolute atomic E-state index is 0.185. The van der Waals surface area contributed by atoms with Gasteiger partial charge in [0.25, 0.3) is 5.91 Å². The van der Waals surface area contributed by atoms with Gasteiger partial charge in [0.05, 0.1) is 11.7 Å². The van der Waals surface area contributed by atoms with E-state index in [4.69, 9.17) is 11.6 Å². The third kappa shape index (κ3) is 4.32. The van der Waals surface area contributed by atoms with Crippen LogP contribution >= 0.6 is 11.6 Å². The van der Waals surface area contributed by atoms with Crippen LogP contribution in [0.1, 0.15) is 35.9 Å². The molecule has 2 rings (SSSR count). The van der Waals surface area contributed by atoms with Crippen molar-refractivity contribution in [2.24, 2.45) is 0 Å². The number of rotatable bonds is 5. The topological polar surface area (TPSA) is 62.3 Å². The van der Waals surface area contributed by atoms with Gasteiger partial charge in [-0.25, -0.2) is 0 Å². The molecule has 24 heavy (non-hydrogen) atoms. The number of halogens is 1. The van der Waals surface area contributed by atoms with Crippen LogP contribution in [0.2, 0.25) is 5.02 Å². The first-order chi connectivity index (χ1) is 11.4. The maximum absolute atomic E-state index is 12.5. The van der Waals surface area contributed by atoms with Crippen molar-refractivity contribution in [3.63, 3.8) is 0 Å². The second-order valence-electron chi connectivity index (χ2n) is 5.58. The molecule has 1 aromatic carbocycles. The van der Waals surface area contributed by atoms with E-state index >= 15 is 0 Å². The Bertz CT molecular complexity index is 704. The molecule has 0 bridgehead atoms. The zero-order valence-corrected chi connectivity index (χ0v) is 14.6. The Morgan fingerprint density at radius 3 is 2.38 bits per heavy atom. The van der Waals surface area contributed by atoms with Crippen molar-refractivity contribution in [3.05, 3.63) is 64.9 Å². The van der Waals surface area contributed by atoms with Gasteiger partial charge in [0.2, 0.25) is 5.91 Å². The number of amides is 2. The van der Waals surface area contributed by atoms with Crippen LogP contribution in [-0.2, 0) is 4.79 Å². The molecule has 2 amide bonds. The summed E-state index contributed by atoms with van der Waals surface area (Å²) in [6, 6.07) is 11.3. The fourth-order valence-corrected chi connectivity index (χ4v) is 2.39. The molecular formula is C18H20ClN3O2. The zero-order valence-electron chi connectivity index (χ0n) is 13.9. The van der Waals surface area contributed by atoms with E-state index in [0.29, 0.717) is 10.6 Å². The molecule has 0 aliphatic rings. The van der Waals surface area contributed by atoms with Crippen LogP contribution < -0.4 is 5.32 Å². The summed E-state index contributed by atoms with van der Waals surface area (Å²) in [6.07, 6.45) is 1.69. The molecule has 1 N–H and O–H groups in total. The Kier molecular flexibility index (Phi) is 5.93. The van der Waals surface area contributed by atoms with Gasteiger partial charge in [0.15, 0.2) is 0 Å². The van der Waals surface area contributed by atoms with Crippen LogP contribution in [0.5, 0.6) is 0 Å². The molecule has 0 radical (unpaired) electrons. The molecule has 0 spiro atoms. The Morgan fingerprint density at radius 1 is 1.12 bits per heavy atom. The average Bonchev–Trinajstić information content (AvgIpc) is 2.61. The van der Waals surface area contributed by atoms with Gasteiger partial charge in [-0.3, -0.25) is 14.6 Å². The van der Waals surface area contributed by atoms with Gasteiger partial charge in [0, 0.05) is 23.8 Å². The molecule has 0 aliphatic heterocycles. The van der Waals surface area contributed by atoms with Gasteiger partial charge in [0.1, 0.15) is 6.04 Å². The largest absolute Gasteiger partial charge is 0.341 e. The second kappa shape index (κ2) is 7.93. The van der Waals surface area contributed by atoms with E-state index in [0.717, 1.165) is 5.69 Å². The highest BCUT2D eigenvalue weighted by molar-refractivity contribution is 6.30. The number of carbonyl (C=O) groups is 2. The number of pyridine rings is 1. The summed E-state index contributed by atoms with van der Waals surface area (Å²) in [5.74, 6) is -0.498. The van der Waals surface area contributed by atoms with Gasteiger partial charge in [-0.05, 0) is 50.2 Å². The number of nitrogens with zero attached hydrogens (tertiary/aromatic N) is 2. The molecule has 0 aliphatic carbocycles. The van der Waals surface area contributed by atoms with E-state index in [1.165, 1.54) is 0 Å². The predicted molar refractivity (Wildman–Crippen MR) is 93.8 cm³/mol. The summed E-state index contributed by atoms with van der Waals surface area (Å²) < 4.78 is 0. The predicted octanol–water partition coefficient (Wildman–Crippen LogP) is 3.07. The van der Waals surface area contributed by atoms with Crippen LogP contribution in [0.25, 0.3) is 0 Å². The number of hydrogen-bond acceptors (Lipinski definition) is 3. The molecule has 0 saturated heterocycles. The molecule has 2 atom stereocenters. The van der Waals surface area contributed by atoms with Gasteiger partial charge in [-0.1, -0.05) is 17.7 Å². The third-order valence-corrected chi connectivity index (χ3v) is 4.12. The first kappa shape index (κ1) is 17.9. The van der Waals surface area contributed by atoms with E-state index in [2.05, 4.69) is 10.3 Å².